The van der Waals surface area contributed by atoms with Gasteiger partial charge in [0.25, 0.3) is 0 Å². The molecule has 0 aromatic heterocycles. The first kappa shape index (κ1) is 11.3. The summed E-state index contributed by atoms with van der Waals surface area (Å²) in [6.45, 7) is 0. The summed E-state index contributed by atoms with van der Waals surface area (Å²) in [6, 6.07) is 0. The van der Waals surface area contributed by atoms with E-state index in [-0.39, 0.29) is 29.1 Å². The minimum Gasteiger partial charge on any atom is -0.481 e. The molecule has 0 saturated heterocycles. The molecule has 2 unspecified atom stereocenters. The highest BCUT2D eigenvalue weighted by Gasteiger charge is 2.35. The molecule has 5 heteroatoms. The number of carboxylic acids is 1. The summed E-state index contributed by atoms with van der Waals surface area (Å²) in [5, 5.41) is 8.20. The van der Waals surface area contributed by atoms with E-state index in [1.165, 1.54) is 0 Å². The average Bonchev–Trinajstić information content (AvgIpc) is 2.13. The molecule has 1 rings (SSSR count). The monoisotopic (exact) mass is 218 g/mol. The zero-order chi connectivity index (χ0) is 7.72. The number of halogens is 3. The zero-order valence-corrected chi connectivity index (χ0v) is 7.99. The zero-order valence-electron chi connectivity index (χ0n) is 5.67. The topological polar surface area (TPSA) is 37.3 Å². The van der Waals surface area contributed by atoms with Crippen molar-refractivity contribution in [3.05, 3.63) is 0 Å². The third-order valence-electron chi connectivity index (χ3n) is 1.76. The van der Waals surface area contributed by atoms with Gasteiger partial charge in [0, 0.05) is 0 Å². The number of hydrogen-bond donors (Lipinski definition) is 1. The lowest BCUT2D eigenvalue weighted by molar-refractivity contribution is -0.141. The minimum absolute atomic E-state index is 0. The molecule has 1 aliphatic rings. The Morgan fingerprint density at radius 3 is 1.82 bits per heavy atom. The van der Waals surface area contributed by atoms with Gasteiger partial charge in [-0.25, -0.2) is 0 Å². The number of rotatable bonds is 1. The minimum atomic E-state index is -0.784. The molecule has 0 aliphatic heterocycles. The molecule has 2 nitrogen and oxygen atoms in total. The van der Waals surface area contributed by atoms with Gasteiger partial charge >= 0.3 is 5.97 Å². The molecule has 66 valence electrons. The van der Waals surface area contributed by atoms with Crippen LogP contribution < -0.4 is 0 Å². The van der Waals surface area contributed by atoms with Crippen molar-refractivity contribution >= 4 is 41.6 Å². The van der Waals surface area contributed by atoms with Gasteiger partial charge in [-0.2, -0.15) is 0 Å². The molecule has 1 fully saturated rings. The third-order valence-corrected chi connectivity index (χ3v) is 2.85. The van der Waals surface area contributed by atoms with Crippen LogP contribution in [0.25, 0.3) is 0 Å². The third kappa shape index (κ3) is 2.69. The fourth-order valence-corrected chi connectivity index (χ4v) is 1.77. The molecule has 0 bridgehead atoms. The Morgan fingerprint density at radius 1 is 1.27 bits per heavy atom. The van der Waals surface area contributed by atoms with E-state index in [1.54, 1.807) is 0 Å². The van der Waals surface area contributed by atoms with Gasteiger partial charge in [0.05, 0.1) is 16.7 Å². The molecule has 0 amide bonds. The van der Waals surface area contributed by atoms with Crippen LogP contribution in [0.5, 0.6) is 0 Å². The first-order valence-corrected chi connectivity index (χ1v) is 3.99. The predicted octanol–water partition coefficient (Wildman–Crippen LogP) is 2.12. The first-order valence-electron chi connectivity index (χ1n) is 3.12. The highest BCUT2D eigenvalue weighted by Crippen LogP contribution is 2.33. The summed E-state index contributed by atoms with van der Waals surface area (Å²) in [6.07, 6.45) is 1.01. The number of hydrogen-bond acceptors (Lipinski definition) is 1. The SMILES string of the molecule is Cl.O=C(O)C1CC(Cl)C(Cl)C1. The quantitative estimate of drug-likeness (QED) is 0.686. The molecular formula is C6H9Cl3O2. The van der Waals surface area contributed by atoms with Gasteiger partial charge in [0.15, 0.2) is 0 Å². The maximum Gasteiger partial charge on any atom is 0.306 e. The molecule has 0 heterocycles. The maximum absolute atomic E-state index is 10.4. The van der Waals surface area contributed by atoms with Crippen LogP contribution in [-0.2, 0) is 4.79 Å². The lowest BCUT2D eigenvalue weighted by Gasteiger charge is -1.99. The molecule has 0 radical (unpaired) electrons. The predicted molar refractivity (Wildman–Crippen MR) is 46.9 cm³/mol. The van der Waals surface area contributed by atoms with Crippen molar-refractivity contribution in [2.24, 2.45) is 5.92 Å². The van der Waals surface area contributed by atoms with Gasteiger partial charge in [-0.1, -0.05) is 0 Å². The van der Waals surface area contributed by atoms with Crippen LogP contribution in [0.1, 0.15) is 12.8 Å². The van der Waals surface area contributed by atoms with E-state index in [4.69, 9.17) is 28.3 Å². The van der Waals surface area contributed by atoms with Crippen molar-refractivity contribution in [2.45, 2.75) is 23.6 Å². The van der Waals surface area contributed by atoms with Crippen molar-refractivity contribution in [1.29, 1.82) is 0 Å². The molecule has 11 heavy (non-hydrogen) atoms. The van der Waals surface area contributed by atoms with E-state index in [9.17, 15) is 4.79 Å². The van der Waals surface area contributed by atoms with Crippen LogP contribution >= 0.6 is 35.6 Å². The molecule has 1 aliphatic carbocycles. The first-order chi connectivity index (χ1) is 4.61. The molecule has 1 saturated carbocycles. The van der Waals surface area contributed by atoms with Gasteiger partial charge in [-0.3, -0.25) is 4.79 Å². The Balaban J connectivity index is 0.000001000. The van der Waals surface area contributed by atoms with Crippen molar-refractivity contribution in [3.8, 4) is 0 Å². The summed E-state index contributed by atoms with van der Waals surface area (Å²) in [5.41, 5.74) is 0. The Labute approximate surface area is 81.3 Å². The van der Waals surface area contributed by atoms with Crippen LogP contribution in [-0.4, -0.2) is 21.8 Å². The van der Waals surface area contributed by atoms with Gasteiger partial charge in [-0.15, -0.1) is 35.6 Å². The van der Waals surface area contributed by atoms with E-state index in [1.807, 2.05) is 0 Å². The van der Waals surface area contributed by atoms with Crippen LogP contribution in [0.4, 0.5) is 0 Å². The van der Waals surface area contributed by atoms with E-state index in [2.05, 4.69) is 0 Å². The van der Waals surface area contributed by atoms with E-state index >= 15 is 0 Å². The maximum atomic E-state index is 10.4. The summed E-state index contributed by atoms with van der Waals surface area (Å²) in [7, 11) is 0. The molecule has 0 spiro atoms. The summed E-state index contributed by atoms with van der Waals surface area (Å²) >= 11 is 11.4. The van der Waals surface area contributed by atoms with Gasteiger partial charge < -0.3 is 5.11 Å². The summed E-state index contributed by atoms with van der Waals surface area (Å²) in [4.78, 5) is 10.4. The van der Waals surface area contributed by atoms with Crippen LogP contribution in [0.15, 0.2) is 0 Å². The molecule has 2 atom stereocenters. The van der Waals surface area contributed by atoms with Crippen molar-refractivity contribution in [1.82, 2.24) is 0 Å². The lowest BCUT2D eigenvalue weighted by atomic mass is 10.1. The molecule has 0 aromatic rings. The molecule has 1 N–H and O–H groups in total. The van der Waals surface area contributed by atoms with E-state index in [0.717, 1.165) is 0 Å². The van der Waals surface area contributed by atoms with Crippen LogP contribution in [0.3, 0.4) is 0 Å². The van der Waals surface area contributed by atoms with Crippen molar-refractivity contribution in [3.63, 3.8) is 0 Å². The van der Waals surface area contributed by atoms with Crippen molar-refractivity contribution in [2.75, 3.05) is 0 Å². The molecule has 0 aromatic carbocycles. The van der Waals surface area contributed by atoms with Crippen LogP contribution in [0, 0.1) is 5.92 Å². The number of carbonyl (C=O) groups is 1. The van der Waals surface area contributed by atoms with Gasteiger partial charge in [0.2, 0.25) is 0 Å². The van der Waals surface area contributed by atoms with E-state index in [0.29, 0.717) is 12.8 Å². The van der Waals surface area contributed by atoms with Crippen molar-refractivity contribution < 1.29 is 9.90 Å². The summed E-state index contributed by atoms with van der Waals surface area (Å²) < 4.78 is 0. The largest absolute Gasteiger partial charge is 0.481 e. The summed E-state index contributed by atoms with van der Waals surface area (Å²) in [5.74, 6) is -1.11. The van der Waals surface area contributed by atoms with E-state index < -0.39 is 5.97 Å². The second kappa shape index (κ2) is 4.39. The highest BCUT2D eigenvalue weighted by atomic mass is 35.5. The number of aliphatic carboxylic acids is 1. The number of alkyl halides is 2. The normalized spacial score (nSPS) is 36.4. The standard InChI is InChI=1S/C6H8Cl2O2.ClH/c7-4-1-3(6(9)10)2-5(4)8;/h3-5H,1-2H2,(H,9,10);1H. The Morgan fingerprint density at radius 2 is 1.64 bits per heavy atom. The fourth-order valence-electron chi connectivity index (χ4n) is 1.14. The number of carboxylic acid groups (broad SMARTS) is 1. The smallest absolute Gasteiger partial charge is 0.306 e. The molecular weight excluding hydrogens is 210 g/mol. The Hall–Kier alpha value is 0.340. The lowest BCUT2D eigenvalue weighted by Crippen LogP contribution is -2.09. The highest BCUT2D eigenvalue weighted by molar-refractivity contribution is 6.30. The fraction of sp³-hybridized carbons (Fsp3) is 0.833. The Bertz CT molecular complexity index is 141. The second-order valence-corrected chi connectivity index (χ2v) is 3.66. The van der Waals surface area contributed by atoms with Crippen LogP contribution in [0.2, 0.25) is 0 Å². The van der Waals surface area contributed by atoms with Gasteiger partial charge in [0.1, 0.15) is 0 Å². The van der Waals surface area contributed by atoms with Gasteiger partial charge in [-0.05, 0) is 12.8 Å². The average molecular weight is 219 g/mol. The Kier molecular flexibility index (Phi) is 4.52. The second-order valence-electron chi connectivity index (χ2n) is 2.54.